The van der Waals surface area contributed by atoms with Gasteiger partial charge in [-0.1, -0.05) is 37.3 Å². The Balaban J connectivity index is 0.00000676. The van der Waals surface area contributed by atoms with Gasteiger partial charge in [0.15, 0.2) is 5.96 Å². The Kier molecular flexibility index (Phi) is 13.9. The molecule has 0 aliphatic heterocycles. The minimum absolute atomic E-state index is 0. The van der Waals surface area contributed by atoms with E-state index in [1.54, 1.807) is 19.0 Å². The van der Waals surface area contributed by atoms with Crippen molar-refractivity contribution in [1.82, 2.24) is 15.5 Å². The number of hydrogen-bond acceptors (Lipinski definition) is 3. The van der Waals surface area contributed by atoms with Crippen molar-refractivity contribution in [3.63, 3.8) is 0 Å². The number of nitrogens with one attached hydrogen (secondary N) is 2. The normalized spacial score (nSPS) is 13.3. The Labute approximate surface area is 181 Å². The van der Waals surface area contributed by atoms with Crippen molar-refractivity contribution >= 4 is 35.8 Å². The van der Waals surface area contributed by atoms with Crippen LogP contribution in [0.2, 0.25) is 0 Å². The molecule has 2 N–H and O–H groups in total. The van der Waals surface area contributed by atoms with Crippen molar-refractivity contribution in [2.45, 2.75) is 45.8 Å². The number of hydrogen-bond donors (Lipinski definition) is 2. The van der Waals surface area contributed by atoms with Gasteiger partial charge in [-0.2, -0.15) is 0 Å². The summed E-state index contributed by atoms with van der Waals surface area (Å²) >= 11 is 0. The maximum absolute atomic E-state index is 11.7. The molecule has 0 aliphatic rings. The molecule has 0 spiro atoms. The van der Waals surface area contributed by atoms with Gasteiger partial charge in [0, 0.05) is 33.3 Å². The summed E-state index contributed by atoms with van der Waals surface area (Å²) < 4.78 is 5.88. The Morgan fingerprint density at radius 2 is 1.89 bits per heavy atom. The molecule has 1 rings (SSSR count). The van der Waals surface area contributed by atoms with Crippen molar-refractivity contribution in [2.24, 2.45) is 4.99 Å². The first-order chi connectivity index (χ1) is 12.4. The highest BCUT2D eigenvalue weighted by atomic mass is 127. The van der Waals surface area contributed by atoms with Crippen LogP contribution >= 0.6 is 24.0 Å². The van der Waals surface area contributed by atoms with E-state index in [0.29, 0.717) is 18.6 Å². The van der Waals surface area contributed by atoms with Crippen molar-refractivity contribution in [2.75, 3.05) is 33.8 Å². The summed E-state index contributed by atoms with van der Waals surface area (Å²) in [6, 6.07) is 10.5. The number of ether oxygens (including phenoxy) is 1. The number of aliphatic imine (C=N–C) groups is 1. The molecular formula is C20H35IN4O2. The van der Waals surface area contributed by atoms with Crippen molar-refractivity contribution in [3.8, 4) is 0 Å². The van der Waals surface area contributed by atoms with Crippen LogP contribution in [0, 0.1) is 0 Å². The second-order valence-corrected chi connectivity index (χ2v) is 6.61. The summed E-state index contributed by atoms with van der Waals surface area (Å²) in [6.07, 6.45) is 1.93. The zero-order chi connectivity index (χ0) is 19.4. The number of halogens is 1. The van der Waals surface area contributed by atoms with Gasteiger partial charge in [-0.3, -0.25) is 4.79 Å². The predicted molar refractivity (Wildman–Crippen MR) is 123 cm³/mol. The van der Waals surface area contributed by atoms with Crippen molar-refractivity contribution < 1.29 is 9.53 Å². The summed E-state index contributed by atoms with van der Waals surface area (Å²) in [6.45, 7) is 7.80. The fraction of sp³-hybridized carbons (Fsp3) is 0.600. The van der Waals surface area contributed by atoms with Gasteiger partial charge in [0.2, 0.25) is 5.91 Å². The van der Waals surface area contributed by atoms with Crippen LogP contribution in [-0.2, 0) is 9.53 Å². The molecule has 27 heavy (non-hydrogen) atoms. The van der Waals surface area contributed by atoms with Gasteiger partial charge < -0.3 is 20.3 Å². The van der Waals surface area contributed by atoms with E-state index in [1.165, 1.54) is 5.56 Å². The van der Waals surface area contributed by atoms with Crippen LogP contribution in [-0.4, -0.2) is 56.6 Å². The lowest BCUT2D eigenvalue weighted by molar-refractivity contribution is -0.127. The van der Waals surface area contributed by atoms with Crippen LogP contribution < -0.4 is 10.6 Å². The Morgan fingerprint density at radius 1 is 1.22 bits per heavy atom. The predicted octanol–water partition coefficient (Wildman–Crippen LogP) is 3.19. The van der Waals surface area contributed by atoms with Crippen LogP contribution in [0.25, 0.3) is 0 Å². The van der Waals surface area contributed by atoms with Gasteiger partial charge in [0.25, 0.3) is 0 Å². The quantitative estimate of drug-likeness (QED) is 0.229. The van der Waals surface area contributed by atoms with Gasteiger partial charge >= 0.3 is 0 Å². The lowest BCUT2D eigenvalue weighted by atomic mass is 10.1. The van der Waals surface area contributed by atoms with Gasteiger partial charge in [0.1, 0.15) is 6.54 Å². The largest absolute Gasteiger partial charge is 0.374 e. The summed E-state index contributed by atoms with van der Waals surface area (Å²) in [4.78, 5) is 17.7. The minimum atomic E-state index is -0.0183. The van der Waals surface area contributed by atoms with Crippen LogP contribution in [0.3, 0.4) is 0 Å². The molecule has 2 unspecified atom stereocenters. The lowest BCUT2D eigenvalue weighted by Crippen LogP contribution is -2.43. The van der Waals surface area contributed by atoms with Crippen molar-refractivity contribution in [3.05, 3.63) is 35.9 Å². The van der Waals surface area contributed by atoms with Crippen LogP contribution in [0.5, 0.6) is 0 Å². The zero-order valence-corrected chi connectivity index (χ0v) is 19.5. The highest BCUT2D eigenvalue weighted by molar-refractivity contribution is 14.0. The number of amides is 1. The number of likely N-dealkylation sites (N-methyl/N-ethyl adjacent to an activating group) is 1. The third-order valence-electron chi connectivity index (χ3n) is 4.12. The maximum atomic E-state index is 11.7. The second kappa shape index (κ2) is 14.7. The minimum Gasteiger partial charge on any atom is -0.374 e. The fourth-order valence-corrected chi connectivity index (χ4v) is 2.14. The molecule has 0 fully saturated rings. The molecule has 0 aromatic heterocycles. The highest BCUT2D eigenvalue weighted by Crippen LogP contribution is 2.15. The van der Waals surface area contributed by atoms with E-state index in [1.807, 2.05) is 18.2 Å². The second-order valence-electron chi connectivity index (χ2n) is 6.61. The SMILES string of the molecule is CCC(C)NC(=NCC(=O)N(C)C)NCCCOC(C)c1ccccc1.I. The molecule has 0 saturated carbocycles. The first kappa shape index (κ1) is 25.6. The Bertz CT molecular complexity index is 552. The number of guanidine groups is 1. The smallest absolute Gasteiger partial charge is 0.243 e. The molecule has 2 atom stereocenters. The molecule has 0 radical (unpaired) electrons. The number of nitrogens with zero attached hydrogens (tertiary/aromatic N) is 2. The summed E-state index contributed by atoms with van der Waals surface area (Å²) in [5, 5.41) is 6.59. The van der Waals surface area contributed by atoms with Crippen molar-refractivity contribution in [1.29, 1.82) is 0 Å². The van der Waals surface area contributed by atoms with E-state index in [-0.39, 0.29) is 42.5 Å². The number of benzene rings is 1. The Morgan fingerprint density at radius 3 is 2.48 bits per heavy atom. The maximum Gasteiger partial charge on any atom is 0.243 e. The topological polar surface area (TPSA) is 66.0 Å². The molecule has 7 heteroatoms. The van der Waals surface area contributed by atoms with Gasteiger partial charge in [-0.25, -0.2) is 4.99 Å². The highest BCUT2D eigenvalue weighted by Gasteiger charge is 2.07. The summed E-state index contributed by atoms with van der Waals surface area (Å²) in [5.74, 6) is 0.654. The fourth-order valence-electron chi connectivity index (χ4n) is 2.14. The standard InChI is InChI=1S/C20H34N4O2.HI/c1-6-16(2)23-20(22-15-19(25)24(4)5)21-13-10-14-26-17(3)18-11-8-7-9-12-18;/h7-9,11-12,16-17H,6,10,13-15H2,1-5H3,(H2,21,22,23);1H. The van der Waals surface area contributed by atoms with E-state index in [9.17, 15) is 4.79 Å². The molecular weight excluding hydrogens is 455 g/mol. The molecule has 0 heterocycles. The summed E-state index contributed by atoms with van der Waals surface area (Å²) in [5.41, 5.74) is 1.18. The van der Waals surface area contributed by atoms with Gasteiger partial charge in [0.05, 0.1) is 6.10 Å². The monoisotopic (exact) mass is 490 g/mol. The first-order valence-corrected chi connectivity index (χ1v) is 9.35. The molecule has 0 aliphatic carbocycles. The average Bonchev–Trinajstić information content (AvgIpc) is 2.65. The number of carbonyl (C=O) groups is 1. The van der Waals surface area contributed by atoms with Gasteiger partial charge in [-0.15, -0.1) is 24.0 Å². The molecule has 1 aromatic rings. The molecule has 6 nitrogen and oxygen atoms in total. The third kappa shape index (κ3) is 11.2. The van der Waals surface area contributed by atoms with Crippen LogP contribution in [0.4, 0.5) is 0 Å². The van der Waals surface area contributed by atoms with Crippen LogP contribution in [0.15, 0.2) is 35.3 Å². The van der Waals surface area contributed by atoms with E-state index in [0.717, 1.165) is 19.4 Å². The van der Waals surface area contributed by atoms with Crippen LogP contribution in [0.1, 0.15) is 45.3 Å². The number of rotatable bonds is 10. The lowest BCUT2D eigenvalue weighted by Gasteiger charge is -2.18. The van der Waals surface area contributed by atoms with Gasteiger partial charge in [-0.05, 0) is 32.3 Å². The summed E-state index contributed by atoms with van der Waals surface area (Å²) in [7, 11) is 3.47. The molecule has 1 aromatic carbocycles. The average molecular weight is 490 g/mol. The molecule has 0 bridgehead atoms. The van der Waals surface area contributed by atoms with E-state index in [2.05, 4.69) is 48.5 Å². The molecule has 1 amide bonds. The van der Waals surface area contributed by atoms with E-state index in [4.69, 9.17) is 4.74 Å². The van der Waals surface area contributed by atoms with E-state index >= 15 is 0 Å². The zero-order valence-electron chi connectivity index (χ0n) is 17.2. The number of carbonyl (C=O) groups excluding carboxylic acids is 1. The van der Waals surface area contributed by atoms with E-state index < -0.39 is 0 Å². The Hall–Kier alpha value is -1.35. The third-order valence-corrected chi connectivity index (χ3v) is 4.12. The molecule has 154 valence electrons. The molecule has 0 saturated heterocycles. The first-order valence-electron chi connectivity index (χ1n) is 9.35.